The molecule has 9 heteroatoms. The Balaban J connectivity index is 1.86. The van der Waals surface area contributed by atoms with Crippen LogP contribution in [0.3, 0.4) is 0 Å². The van der Waals surface area contributed by atoms with Gasteiger partial charge in [-0.15, -0.1) is 0 Å². The molecule has 0 bridgehead atoms. The van der Waals surface area contributed by atoms with Crippen LogP contribution < -0.4 is 15.6 Å². The number of pyridine rings is 1. The summed E-state index contributed by atoms with van der Waals surface area (Å²) >= 11 is 5.82. The van der Waals surface area contributed by atoms with Gasteiger partial charge in [0.05, 0.1) is 5.02 Å². The third kappa shape index (κ3) is 3.58. The molecule has 0 aliphatic rings. The zero-order chi connectivity index (χ0) is 18.0. The molecule has 2 aromatic heterocycles. The molecule has 3 aromatic rings. The molecule has 0 aliphatic carbocycles. The molecule has 2 heterocycles. The van der Waals surface area contributed by atoms with E-state index >= 15 is 0 Å². The van der Waals surface area contributed by atoms with E-state index < -0.39 is 18.1 Å². The van der Waals surface area contributed by atoms with E-state index in [0.717, 1.165) is 0 Å². The Morgan fingerprint density at radius 1 is 1.28 bits per heavy atom. The predicted molar refractivity (Wildman–Crippen MR) is 87.5 cm³/mol. The van der Waals surface area contributed by atoms with Crippen molar-refractivity contribution < 1.29 is 18.3 Å². The molecule has 0 unspecified atom stereocenters. The molecular formula is C16H10ClF2N3O3. The summed E-state index contributed by atoms with van der Waals surface area (Å²) in [6, 6.07) is 8.74. The molecule has 0 radical (unpaired) electrons. The fourth-order valence-corrected chi connectivity index (χ4v) is 2.38. The number of amides is 1. The van der Waals surface area contributed by atoms with Crippen molar-refractivity contribution in [3.63, 3.8) is 0 Å². The Kier molecular flexibility index (Phi) is 4.62. The first kappa shape index (κ1) is 16.8. The molecule has 128 valence electrons. The van der Waals surface area contributed by atoms with E-state index in [1.54, 1.807) is 18.2 Å². The highest BCUT2D eigenvalue weighted by atomic mass is 35.5. The second-order valence-electron chi connectivity index (χ2n) is 4.88. The van der Waals surface area contributed by atoms with Crippen molar-refractivity contribution in [2.45, 2.75) is 6.61 Å². The van der Waals surface area contributed by atoms with Gasteiger partial charge in [-0.25, -0.2) is 4.98 Å². The largest absolute Gasteiger partial charge is 0.433 e. The maximum absolute atomic E-state index is 12.3. The average Bonchev–Trinajstić information content (AvgIpc) is 2.57. The molecule has 0 saturated carbocycles. The first-order valence-corrected chi connectivity index (χ1v) is 7.35. The van der Waals surface area contributed by atoms with Crippen molar-refractivity contribution in [3.8, 4) is 5.75 Å². The number of nitrogens with zero attached hydrogens (tertiary/aromatic N) is 2. The summed E-state index contributed by atoms with van der Waals surface area (Å²) in [5.74, 6) is -0.920. The Morgan fingerprint density at radius 2 is 2.08 bits per heavy atom. The lowest BCUT2D eigenvalue weighted by molar-refractivity contribution is -0.0497. The fraction of sp³-hybridized carbons (Fsp3) is 0.0625. The van der Waals surface area contributed by atoms with Gasteiger partial charge in [0.25, 0.3) is 11.5 Å². The minimum Gasteiger partial charge on any atom is -0.433 e. The van der Waals surface area contributed by atoms with Gasteiger partial charge in [0, 0.05) is 18.1 Å². The van der Waals surface area contributed by atoms with Crippen LogP contribution in [0.5, 0.6) is 5.75 Å². The summed E-state index contributed by atoms with van der Waals surface area (Å²) in [5.41, 5.74) is -0.0886. The van der Waals surface area contributed by atoms with Gasteiger partial charge in [-0.3, -0.25) is 14.0 Å². The molecule has 6 nitrogen and oxygen atoms in total. The van der Waals surface area contributed by atoms with Crippen molar-refractivity contribution in [2.75, 3.05) is 5.32 Å². The number of anilines is 1. The number of rotatable bonds is 4. The minimum absolute atomic E-state index is 0.105. The topological polar surface area (TPSA) is 72.7 Å². The Hall–Kier alpha value is -3.00. The second kappa shape index (κ2) is 6.86. The SMILES string of the molecule is O=C(Nc1ccc(OC(F)F)c(Cl)c1)c1cnc2ccccn2c1=O. The molecule has 0 fully saturated rings. The molecule has 3 rings (SSSR count). The average molecular weight is 366 g/mol. The first-order chi connectivity index (χ1) is 12.0. The summed E-state index contributed by atoms with van der Waals surface area (Å²) in [6.45, 7) is -3.01. The highest BCUT2D eigenvalue weighted by Crippen LogP contribution is 2.29. The van der Waals surface area contributed by atoms with Crippen LogP contribution in [-0.2, 0) is 0 Å². The number of benzene rings is 1. The zero-order valence-electron chi connectivity index (χ0n) is 12.4. The molecular weight excluding hydrogens is 356 g/mol. The third-order valence-corrected chi connectivity index (χ3v) is 3.56. The van der Waals surface area contributed by atoms with Crippen LogP contribution in [0.25, 0.3) is 5.65 Å². The maximum atomic E-state index is 12.3. The second-order valence-corrected chi connectivity index (χ2v) is 5.29. The van der Waals surface area contributed by atoms with Crippen LogP contribution >= 0.6 is 11.6 Å². The van der Waals surface area contributed by atoms with E-state index in [-0.39, 0.29) is 22.0 Å². The van der Waals surface area contributed by atoms with Crippen LogP contribution in [-0.4, -0.2) is 21.9 Å². The number of alkyl halides is 2. The number of carbonyl (C=O) groups is 1. The molecule has 1 aromatic carbocycles. The van der Waals surface area contributed by atoms with E-state index in [2.05, 4.69) is 15.0 Å². The summed E-state index contributed by atoms with van der Waals surface area (Å²) < 4.78 is 29.9. The Bertz CT molecular complexity index is 1010. The van der Waals surface area contributed by atoms with Crippen LogP contribution in [0.2, 0.25) is 5.02 Å². The zero-order valence-corrected chi connectivity index (χ0v) is 13.2. The van der Waals surface area contributed by atoms with Crippen molar-refractivity contribution in [1.82, 2.24) is 9.38 Å². The number of hydrogen-bond donors (Lipinski definition) is 1. The number of halogens is 3. The number of carbonyl (C=O) groups excluding carboxylic acids is 1. The molecule has 1 N–H and O–H groups in total. The van der Waals surface area contributed by atoms with Crippen LogP contribution in [0.15, 0.2) is 53.6 Å². The minimum atomic E-state index is -3.01. The molecule has 0 atom stereocenters. The van der Waals surface area contributed by atoms with E-state index in [9.17, 15) is 18.4 Å². The van der Waals surface area contributed by atoms with Gasteiger partial charge in [0.2, 0.25) is 0 Å². The molecule has 0 spiro atoms. The molecule has 1 amide bonds. The summed E-state index contributed by atoms with van der Waals surface area (Å²) in [7, 11) is 0. The number of aromatic nitrogens is 2. The number of fused-ring (bicyclic) bond motifs is 1. The number of nitrogens with one attached hydrogen (secondary N) is 1. The Labute approximate surface area is 144 Å². The van der Waals surface area contributed by atoms with Gasteiger partial charge >= 0.3 is 6.61 Å². The predicted octanol–water partition coefficient (Wildman–Crippen LogP) is 3.20. The van der Waals surface area contributed by atoms with Gasteiger partial charge in [0.1, 0.15) is 17.0 Å². The highest BCUT2D eigenvalue weighted by molar-refractivity contribution is 6.32. The van der Waals surface area contributed by atoms with Gasteiger partial charge < -0.3 is 10.1 Å². The van der Waals surface area contributed by atoms with Crippen molar-refractivity contribution in [3.05, 3.63) is 69.7 Å². The van der Waals surface area contributed by atoms with Gasteiger partial charge in [-0.05, 0) is 30.3 Å². The summed E-state index contributed by atoms with van der Waals surface area (Å²) in [6.07, 6.45) is 2.66. The summed E-state index contributed by atoms with van der Waals surface area (Å²) in [4.78, 5) is 28.7. The molecule has 0 aliphatic heterocycles. The third-order valence-electron chi connectivity index (χ3n) is 3.26. The van der Waals surface area contributed by atoms with E-state index in [0.29, 0.717) is 5.65 Å². The van der Waals surface area contributed by atoms with Crippen molar-refractivity contribution >= 4 is 28.8 Å². The van der Waals surface area contributed by atoms with Gasteiger partial charge in [-0.1, -0.05) is 17.7 Å². The van der Waals surface area contributed by atoms with E-state index in [1.165, 1.54) is 35.0 Å². The van der Waals surface area contributed by atoms with Crippen molar-refractivity contribution in [1.29, 1.82) is 0 Å². The maximum Gasteiger partial charge on any atom is 0.387 e. The molecule has 25 heavy (non-hydrogen) atoms. The van der Waals surface area contributed by atoms with Crippen LogP contribution in [0, 0.1) is 0 Å². The van der Waals surface area contributed by atoms with E-state index in [4.69, 9.17) is 11.6 Å². The lowest BCUT2D eigenvalue weighted by atomic mass is 10.2. The lowest BCUT2D eigenvalue weighted by Gasteiger charge is -2.09. The Morgan fingerprint density at radius 3 is 2.80 bits per heavy atom. The number of ether oxygens (including phenoxy) is 1. The van der Waals surface area contributed by atoms with E-state index in [1.807, 2.05) is 0 Å². The fourth-order valence-electron chi connectivity index (χ4n) is 2.15. The molecule has 0 saturated heterocycles. The van der Waals surface area contributed by atoms with Gasteiger partial charge in [-0.2, -0.15) is 8.78 Å². The standard InChI is InChI=1S/C16H10ClF2N3O3/c17-11-7-9(4-5-12(11)25-16(18)19)21-14(23)10-8-20-13-3-1-2-6-22(13)15(10)24/h1-8,16H,(H,21,23). The first-order valence-electron chi connectivity index (χ1n) is 6.98. The normalized spacial score (nSPS) is 10.9. The monoisotopic (exact) mass is 365 g/mol. The van der Waals surface area contributed by atoms with Crippen LogP contribution in [0.4, 0.5) is 14.5 Å². The quantitative estimate of drug-likeness (QED) is 0.770. The van der Waals surface area contributed by atoms with Crippen molar-refractivity contribution in [2.24, 2.45) is 0 Å². The highest BCUT2D eigenvalue weighted by Gasteiger charge is 2.15. The summed E-state index contributed by atoms with van der Waals surface area (Å²) in [5, 5.41) is 2.36. The lowest BCUT2D eigenvalue weighted by Crippen LogP contribution is -2.26. The van der Waals surface area contributed by atoms with Gasteiger partial charge in [0.15, 0.2) is 0 Å². The van der Waals surface area contributed by atoms with Crippen LogP contribution in [0.1, 0.15) is 10.4 Å². The number of hydrogen-bond acceptors (Lipinski definition) is 4. The smallest absolute Gasteiger partial charge is 0.387 e.